The van der Waals surface area contributed by atoms with Crippen LogP contribution in [0.25, 0.3) is 0 Å². The smallest absolute Gasteiger partial charge is 0.254 e. The Morgan fingerprint density at radius 2 is 2.27 bits per heavy atom. The number of amides is 1. The van der Waals surface area contributed by atoms with E-state index in [2.05, 4.69) is 14.9 Å². The molecule has 26 heavy (non-hydrogen) atoms. The van der Waals surface area contributed by atoms with E-state index in [1.807, 2.05) is 13.8 Å². The van der Waals surface area contributed by atoms with Crippen LogP contribution in [0.4, 0.5) is 0 Å². The van der Waals surface area contributed by atoms with Crippen molar-refractivity contribution in [2.75, 3.05) is 12.4 Å². The number of nitrogens with zero attached hydrogens (tertiary/aromatic N) is 3. The molecule has 0 bridgehead atoms. The van der Waals surface area contributed by atoms with Crippen LogP contribution in [0.3, 0.4) is 0 Å². The molecule has 2 aliphatic rings. The summed E-state index contributed by atoms with van der Waals surface area (Å²) in [7, 11) is 3.20. The highest BCUT2D eigenvalue weighted by molar-refractivity contribution is 7.90. The molecule has 12 heteroatoms. The largest absolute Gasteiger partial charge is 0.391 e. The molecule has 0 spiro atoms. The van der Waals surface area contributed by atoms with Crippen LogP contribution < -0.4 is 10.3 Å². The molecule has 1 unspecified atom stereocenters. The molecule has 1 saturated heterocycles. The first-order chi connectivity index (χ1) is 12.2. The van der Waals surface area contributed by atoms with Crippen LogP contribution in [-0.4, -0.2) is 74.8 Å². The van der Waals surface area contributed by atoms with Gasteiger partial charge >= 0.3 is 0 Å². The van der Waals surface area contributed by atoms with E-state index in [4.69, 9.17) is 12.3 Å². The van der Waals surface area contributed by atoms with Gasteiger partial charge in [0.05, 0.1) is 12.1 Å². The van der Waals surface area contributed by atoms with Gasteiger partial charge in [-0.2, -0.15) is 0 Å². The van der Waals surface area contributed by atoms with Gasteiger partial charge in [0.25, 0.3) is 10.0 Å². The van der Waals surface area contributed by atoms with E-state index < -0.39 is 28.1 Å². The molecule has 9 nitrogen and oxygen atoms in total. The number of aliphatic hydroxyl groups excluding tert-OH is 1. The third-order valence-electron chi connectivity index (χ3n) is 4.50. The van der Waals surface area contributed by atoms with Gasteiger partial charge in [-0.15, -0.1) is 0 Å². The monoisotopic (exact) mass is 377 g/mol. The first kappa shape index (κ1) is 19.0. The van der Waals surface area contributed by atoms with Crippen molar-refractivity contribution in [2.24, 2.45) is 10.9 Å². The quantitative estimate of drug-likeness (QED) is 0.577. The zero-order valence-electron chi connectivity index (χ0n) is 14.5. The van der Waals surface area contributed by atoms with Gasteiger partial charge < -0.3 is 14.5 Å². The van der Waals surface area contributed by atoms with Gasteiger partial charge in [0.2, 0.25) is 5.91 Å². The summed E-state index contributed by atoms with van der Waals surface area (Å²) in [6.45, 7) is 3.83. The lowest BCUT2D eigenvalue weighted by atomic mass is 9.53. The molecule has 1 amide bonds. The van der Waals surface area contributed by atoms with Crippen molar-refractivity contribution in [1.29, 1.82) is 0 Å². The van der Waals surface area contributed by atoms with E-state index in [0.717, 1.165) is 0 Å². The molecule has 3 heterocycles. The Morgan fingerprint density at radius 3 is 2.81 bits per heavy atom. The number of aromatic nitrogens is 1. The first-order valence-electron chi connectivity index (χ1n) is 8.26. The van der Waals surface area contributed by atoms with Crippen molar-refractivity contribution in [3.8, 4) is 0 Å². The summed E-state index contributed by atoms with van der Waals surface area (Å²) in [6, 6.07) is 0.972. The lowest BCUT2D eigenvalue weighted by molar-refractivity contribution is -0.134. The van der Waals surface area contributed by atoms with E-state index in [9.17, 15) is 18.3 Å². The summed E-state index contributed by atoms with van der Waals surface area (Å²) in [6.07, 6.45) is -0.539. The second kappa shape index (κ2) is 7.07. The molecule has 1 fully saturated rings. The predicted octanol–water partition coefficient (Wildman–Crippen LogP) is -1.92. The SMILES string of the molecule is [B][B]c1cc(C(C(=O)N2C[C@H](O)C[C@H]2C2=NCS(=O)(=O)N2)C(C)C)on1. The van der Waals surface area contributed by atoms with Crippen LogP contribution >= 0.6 is 0 Å². The molecule has 3 radical (unpaired) electrons. The lowest BCUT2D eigenvalue weighted by Crippen LogP contribution is -2.47. The van der Waals surface area contributed by atoms with Crippen molar-refractivity contribution >= 4 is 42.3 Å². The van der Waals surface area contributed by atoms with Gasteiger partial charge in [0, 0.05) is 26.3 Å². The fourth-order valence-electron chi connectivity index (χ4n) is 3.31. The second-order valence-electron chi connectivity index (χ2n) is 6.83. The number of likely N-dealkylation sites (tertiary alicyclic amines) is 1. The van der Waals surface area contributed by atoms with Gasteiger partial charge in [-0.05, 0) is 12.0 Å². The van der Waals surface area contributed by atoms with Crippen molar-refractivity contribution in [3.63, 3.8) is 0 Å². The Balaban J connectivity index is 1.87. The number of sulfonamides is 1. The van der Waals surface area contributed by atoms with E-state index >= 15 is 0 Å². The minimum Gasteiger partial charge on any atom is -0.391 e. The second-order valence-corrected chi connectivity index (χ2v) is 8.52. The predicted molar refractivity (Wildman–Crippen MR) is 95.7 cm³/mol. The normalized spacial score (nSPS) is 25.8. The number of amidine groups is 1. The highest BCUT2D eigenvalue weighted by Gasteiger charge is 2.44. The van der Waals surface area contributed by atoms with Gasteiger partial charge in [0.1, 0.15) is 24.7 Å². The van der Waals surface area contributed by atoms with E-state index in [-0.39, 0.29) is 36.5 Å². The molecule has 1 aromatic heterocycles. The van der Waals surface area contributed by atoms with Crippen LogP contribution in [0.5, 0.6) is 0 Å². The number of aliphatic hydroxyl groups is 1. The average Bonchev–Trinajstić information content (AvgIpc) is 3.25. The lowest BCUT2D eigenvalue weighted by Gasteiger charge is -2.29. The van der Waals surface area contributed by atoms with E-state index in [1.54, 1.807) is 6.07 Å². The molecule has 0 aliphatic carbocycles. The number of hydrogen-bond acceptors (Lipinski definition) is 7. The minimum atomic E-state index is -3.51. The van der Waals surface area contributed by atoms with E-state index in [1.165, 1.54) is 12.1 Å². The maximum absolute atomic E-state index is 13.2. The third-order valence-corrected chi connectivity index (χ3v) is 5.49. The minimum absolute atomic E-state index is 0.0947. The zero-order chi connectivity index (χ0) is 19.1. The highest BCUT2D eigenvalue weighted by atomic mass is 32.2. The number of aliphatic imine (C=N–C) groups is 1. The van der Waals surface area contributed by atoms with Crippen molar-refractivity contribution < 1.29 is 22.8 Å². The summed E-state index contributed by atoms with van der Waals surface area (Å²) >= 11 is 0. The average molecular weight is 377 g/mol. The summed E-state index contributed by atoms with van der Waals surface area (Å²) in [5.41, 5.74) is 0.421. The Hall–Kier alpha value is -1.81. The number of carbonyl (C=O) groups excluding carboxylic acids is 1. The third kappa shape index (κ3) is 3.66. The molecule has 2 aliphatic heterocycles. The summed E-state index contributed by atoms with van der Waals surface area (Å²) in [5.74, 6) is -0.844. The molecule has 137 valence electrons. The standard InChI is InChI=1S/C14H19B2N4O5S/c1-7(2)12(10-4-11(16-15)18-25-10)14(22)20-5-8(21)3-9(20)13-17-6-26(23,24)19-13/h4,7-9,12,21H,3,5-6H2,1-2H3,(H,17,19)/t8-,9+,12?/m1/s1. The number of rotatable bonds is 5. The van der Waals surface area contributed by atoms with Crippen LogP contribution in [0.2, 0.25) is 0 Å². The van der Waals surface area contributed by atoms with Crippen LogP contribution in [0, 0.1) is 5.92 Å². The summed E-state index contributed by atoms with van der Waals surface area (Å²) < 4.78 is 30.9. The first-order valence-corrected chi connectivity index (χ1v) is 9.92. The maximum Gasteiger partial charge on any atom is 0.254 e. The fourth-order valence-corrected chi connectivity index (χ4v) is 4.20. The number of nitrogens with one attached hydrogen (secondary N) is 1. The highest BCUT2D eigenvalue weighted by Crippen LogP contribution is 2.30. The number of β-amino-alcohol motifs (C(OH)–C–C–N with tert-alkyl or cyclic N) is 1. The fraction of sp³-hybridized carbons (Fsp3) is 0.643. The topological polar surface area (TPSA) is 125 Å². The maximum atomic E-state index is 13.2. The molecule has 3 rings (SSSR count). The summed E-state index contributed by atoms with van der Waals surface area (Å²) in [5, 5.41) is 13.8. The molecule has 3 atom stereocenters. The Morgan fingerprint density at radius 1 is 1.54 bits per heavy atom. The van der Waals surface area contributed by atoms with Crippen LogP contribution in [0.15, 0.2) is 15.6 Å². The molecular formula is C14H19B2N4O5S. The van der Waals surface area contributed by atoms with Crippen LogP contribution in [0.1, 0.15) is 31.9 Å². The van der Waals surface area contributed by atoms with E-state index in [0.29, 0.717) is 11.4 Å². The van der Waals surface area contributed by atoms with Gasteiger partial charge in [-0.1, -0.05) is 19.0 Å². The van der Waals surface area contributed by atoms with Crippen LogP contribution in [-0.2, 0) is 14.8 Å². The van der Waals surface area contributed by atoms with Gasteiger partial charge in [0.15, 0.2) is 5.88 Å². The molecule has 0 saturated carbocycles. The Bertz CT molecular complexity index is 825. The van der Waals surface area contributed by atoms with Gasteiger partial charge in [-0.3, -0.25) is 14.5 Å². The van der Waals surface area contributed by atoms with Crippen molar-refractivity contribution in [2.45, 2.75) is 38.3 Å². The molecule has 2 N–H and O–H groups in total. The van der Waals surface area contributed by atoms with Crippen molar-refractivity contribution in [1.82, 2.24) is 14.8 Å². The summed E-state index contributed by atoms with van der Waals surface area (Å²) in [4.78, 5) is 18.7. The zero-order valence-corrected chi connectivity index (χ0v) is 15.3. The molecule has 1 aromatic rings. The Kier molecular flexibility index (Phi) is 5.16. The Labute approximate surface area is 153 Å². The van der Waals surface area contributed by atoms with Gasteiger partial charge in [-0.25, -0.2) is 8.42 Å². The molecular weight excluding hydrogens is 358 g/mol. The number of hydrogen-bond donors (Lipinski definition) is 2. The molecule has 0 aromatic carbocycles. The van der Waals surface area contributed by atoms with Crippen molar-refractivity contribution in [3.05, 3.63) is 11.8 Å². The number of carbonyl (C=O) groups is 1.